The Morgan fingerprint density at radius 3 is 2.38 bits per heavy atom. The predicted octanol–water partition coefficient (Wildman–Crippen LogP) is 3.06. The molecule has 0 fully saturated rings. The number of rotatable bonds is 1. The van der Waals surface area contributed by atoms with Crippen LogP contribution in [0.15, 0.2) is 57.8 Å². The average Bonchev–Trinajstić information content (AvgIpc) is 2.44. The molecule has 80 valence electrons. The normalized spacial score (nSPS) is 10.1. The maximum absolute atomic E-state index is 12.0. The molecule has 0 aliphatic carbocycles. The number of benzene rings is 1. The molecular formula is C13H10BrNO. The lowest BCUT2D eigenvalue weighted by molar-refractivity contribution is 1.58. The van der Waals surface area contributed by atoms with Crippen molar-refractivity contribution in [3.63, 3.8) is 0 Å². The minimum Gasteiger partial charge on any atom is -0.396 e. The van der Waals surface area contributed by atoms with Gasteiger partial charge in [-0.3, -0.25) is 4.79 Å². The minimum atomic E-state index is -0.142. The number of hydrogen-bond acceptors (Lipinski definition) is 2. The molecule has 0 aliphatic heterocycles. The SMILES string of the molecule is Nc1ccc(Br)cc(-c2ccccc2)c1=O. The largest absolute Gasteiger partial charge is 0.396 e. The second kappa shape index (κ2) is 4.49. The van der Waals surface area contributed by atoms with E-state index < -0.39 is 0 Å². The van der Waals surface area contributed by atoms with E-state index in [9.17, 15) is 4.79 Å². The fourth-order valence-corrected chi connectivity index (χ4v) is 1.85. The first kappa shape index (κ1) is 10.9. The van der Waals surface area contributed by atoms with Crippen LogP contribution in [0.25, 0.3) is 11.1 Å². The summed E-state index contributed by atoms with van der Waals surface area (Å²) in [5.41, 5.74) is 7.26. The van der Waals surface area contributed by atoms with Crippen LogP contribution in [0.1, 0.15) is 0 Å². The second-order valence-electron chi connectivity index (χ2n) is 3.43. The molecule has 3 heteroatoms. The van der Waals surface area contributed by atoms with E-state index in [1.165, 1.54) is 0 Å². The van der Waals surface area contributed by atoms with Crippen LogP contribution >= 0.6 is 15.9 Å². The van der Waals surface area contributed by atoms with Crippen molar-refractivity contribution in [3.05, 3.63) is 63.2 Å². The van der Waals surface area contributed by atoms with Gasteiger partial charge >= 0.3 is 0 Å². The first-order valence-electron chi connectivity index (χ1n) is 4.83. The molecule has 0 bridgehead atoms. The number of hydrogen-bond donors (Lipinski definition) is 1. The predicted molar refractivity (Wildman–Crippen MR) is 70.3 cm³/mol. The van der Waals surface area contributed by atoms with E-state index in [2.05, 4.69) is 15.9 Å². The van der Waals surface area contributed by atoms with E-state index in [1.807, 2.05) is 30.3 Å². The molecular weight excluding hydrogens is 266 g/mol. The Hall–Kier alpha value is -1.61. The fraction of sp³-hybridized carbons (Fsp3) is 0. The van der Waals surface area contributed by atoms with Gasteiger partial charge < -0.3 is 5.73 Å². The maximum atomic E-state index is 12.0. The number of nitrogen functional groups attached to an aromatic ring is 1. The fourth-order valence-electron chi connectivity index (χ4n) is 1.48. The molecule has 2 nitrogen and oxygen atoms in total. The van der Waals surface area contributed by atoms with E-state index in [1.54, 1.807) is 18.2 Å². The van der Waals surface area contributed by atoms with Gasteiger partial charge in [-0.15, -0.1) is 0 Å². The van der Waals surface area contributed by atoms with Crippen molar-refractivity contribution in [1.29, 1.82) is 0 Å². The van der Waals surface area contributed by atoms with Crippen molar-refractivity contribution in [2.24, 2.45) is 0 Å². The number of anilines is 1. The molecule has 0 unspecified atom stereocenters. The molecule has 2 aromatic carbocycles. The smallest absolute Gasteiger partial charge is 0.209 e. The quantitative estimate of drug-likeness (QED) is 0.869. The van der Waals surface area contributed by atoms with Crippen LogP contribution in [0.3, 0.4) is 0 Å². The van der Waals surface area contributed by atoms with Crippen molar-refractivity contribution < 1.29 is 0 Å². The van der Waals surface area contributed by atoms with Gasteiger partial charge in [0.25, 0.3) is 0 Å². The van der Waals surface area contributed by atoms with Crippen molar-refractivity contribution in [2.75, 3.05) is 5.73 Å². The Balaban J connectivity index is 2.76. The van der Waals surface area contributed by atoms with Gasteiger partial charge in [0.1, 0.15) is 0 Å². The molecule has 0 amide bonds. The Labute approximate surface area is 102 Å². The number of nitrogens with two attached hydrogens (primary N) is 1. The molecule has 2 aromatic rings. The molecule has 2 N–H and O–H groups in total. The third-order valence-electron chi connectivity index (χ3n) is 2.30. The molecule has 2 rings (SSSR count). The van der Waals surface area contributed by atoms with Gasteiger partial charge in [-0.25, -0.2) is 0 Å². The van der Waals surface area contributed by atoms with Crippen LogP contribution in [-0.4, -0.2) is 0 Å². The summed E-state index contributed by atoms with van der Waals surface area (Å²) in [7, 11) is 0. The van der Waals surface area contributed by atoms with Crippen LogP contribution in [-0.2, 0) is 0 Å². The highest BCUT2D eigenvalue weighted by molar-refractivity contribution is 9.10. The van der Waals surface area contributed by atoms with Crippen molar-refractivity contribution in [1.82, 2.24) is 0 Å². The molecule has 0 spiro atoms. The van der Waals surface area contributed by atoms with Gasteiger partial charge in [0.05, 0.1) is 5.69 Å². The van der Waals surface area contributed by atoms with Crippen LogP contribution in [0.5, 0.6) is 0 Å². The summed E-state index contributed by atoms with van der Waals surface area (Å²) in [6.07, 6.45) is 0. The molecule has 0 saturated heterocycles. The average molecular weight is 276 g/mol. The van der Waals surface area contributed by atoms with E-state index in [4.69, 9.17) is 5.73 Å². The summed E-state index contributed by atoms with van der Waals surface area (Å²) < 4.78 is 0.833. The summed E-state index contributed by atoms with van der Waals surface area (Å²) in [6.45, 7) is 0. The molecule has 0 saturated carbocycles. The molecule has 0 atom stereocenters. The van der Waals surface area contributed by atoms with Gasteiger partial charge in [0.15, 0.2) is 0 Å². The van der Waals surface area contributed by atoms with Crippen LogP contribution in [0.2, 0.25) is 0 Å². The molecule has 0 aromatic heterocycles. The first-order chi connectivity index (χ1) is 7.68. The molecule has 0 radical (unpaired) electrons. The Bertz CT molecular complexity index is 567. The highest BCUT2D eigenvalue weighted by Crippen LogP contribution is 2.19. The van der Waals surface area contributed by atoms with Gasteiger partial charge in [0.2, 0.25) is 5.43 Å². The second-order valence-corrected chi connectivity index (χ2v) is 4.34. The van der Waals surface area contributed by atoms with Crippen LogP contribution in [0, 0.1) is 0 Å². The van der Waals surface area contributed by atoms with Gasteiger partial charge in [-0.1, -0.05) is 46.3 Å². The topological polar surface area (TPSA) is 43.1 Å². The first-order valence-corrected chi connectivity index (χ1v) is 5.62. The van der Waals surface area contributed by atoms with Crippen LogP contribution < -0.4 is 11.2 Å². The molecule has 0 aliphatic rings. The summed E-state index contributed by atoms with van der Waals surface area (Å²) in [5.74, 6) is 0. The summed E-state index contributed by atoms with van der Waals surface area (Å²) >= 11 is 3.36. The van der Waals surface area contributed by atoms with Crippen LogP contribution in [0.4, 0.5) is 5.69 Å². The van der Waals surface area contributed by atoms with E-state index in [0.717, 1.165) is 10.0 Å². The van der Waals surface area contributed by atoms with E-state index >= 15 is 0 Å². The zero-order valence-electron chi connectivity index (χ0n) is 8.48. The van der Waals surface area contributed by atoms with Gasteiger partial charge in [-0.05, 0) is 23.8 Å². The summed E-state index contributed by atoms with van der Waals surface area (Å²) in [6, 6.07) is 14.6. The standard InChI is InChI=1S/C13H10BrNO/c14-10-6-7-12(15)13(16)11(8-10)9-4-2-1-3-5-9/h1-8H,(H2,15,16). The highest BCUT2D eigenvalue weighted by Gasteiger charge is 2.04. The summed E-state index contributed by atoms with van der Waals surface area (Å²) in [5, 5.41) is 0. The van der Waals surface area contributed by atoms with Gasteiger partial charge in [0, 0.05) is 10.0 Å². The van der Waals surface area contributed by atoms with Crippen molar-refractivity contribution in [2.45, 2.75) is 0 Å². The Kier molecular flexibility index (Phi) is 3.06. The third kappa shape index (κ3) is 2.14. The molecule has 0 heterocycles. The van der Waals surface area contributed by atoms with E-state index in [0.29, 0.717) is 5.56 Å². The van der Waals surface area contributed by atoms with Crippen molar-refractivity contribution in [3.8, 4) is 11.1 Å². The minimum absolute atomic E-state index is 0.142. The zero-order valence-corrected chi connectivity index (χ0v) is 10.1. The monoisotopic (exact) mass is 275 g/mol. The lowest BCUT2D eigenvalue weighted by Crippen LogP contribution is -2.06. The zero-order chi connectivity index (χ0) is 11.5. The number of halogens is 1. The van der Waals surface area contributed by atoms with Gasteiger partial charge in [-0.2, -0.15) is 0 Å². The Morgan fingerprint density at radius 2 is 1.69 bits per heavy atom. The van der Waals surface area contributed by atoms with E-state index in [-0.39, 0.29) is 11.1 Å². The highest BCUT2D eigenvalue weighted by atomic mass is 79.9. The lowest BCUT2D eigenvalue weighted by atomic mass is 10.1. The Morgan fingerprint density at radius 1 is 1.00 bits per heavy atom. The summed E-state index contributed by atoms with van der Waals surface area (Å²) in [4.78, 5) is 12.0. The molecule has 16 heavy (non-hydrogen) atoms. The maximum Gasteiger partial charge on any atom is 0.209 e. The third-order valence-corrected chi connectivity index (χ3v) is 2.79. The lowest BCUT2D eigenvalue weighted by Gasteiger charge is -1.97. The van der Waals surface area contributed by atoms with Crippen molar-refractivity contribution >= 4 is 21.6 Å².